The van der Waals surface area contributed by atoms with E-state index in [1.165, 1.54) is 14.2 Å². The number of halogens is 2. The van der Waals surface area contributed by atoms with Gasteiger partial charge in [-0.1, -0.05) is 0 Å². The summed E-state index contributed by atoms with van der Waals surface area (Å²) in [6.45, 7) is 0.0624. The van der Waals surface area contributed by atoms with Crippen molar-refractivity contribution >= 4 is 0 Å². The van der Waals surface area contributed by atoms with Gasteiger partial charge >= 0.3 is 0 Å². The molecular formula is C12H14F2O3. The number of rotatable bonds is 3. The van der Waals surface area contributed by atoms with Gasteiger partial charge in [0.2, 0.25) is 0 Å². The minimum absolute atomic E-state index is 0.0624. The number of benzene rings is 1. The summed E-state index contributed by atoms with van der Waals surface area (Å²) in [4.78, 5) is 0. The highest BCUT2D eigenvalue weighted by Gasteiger charge is 2.47. The zero-order chi connectivity index (χ0) is 12.5. The van der Waals surface area contributed by atoms with E-state index in [2.05, 4.69) is 0 Å². The van der Waals surface area contributed by atoms with Crippen molar-refractivity contribution in [1.82, 2.24) is 0 Å². The van der Waals surface area contributed by atoms with Crippen LogP contribution in [0.15, 0.2) is 18.2 Å². The van der Waals surface area contributed by atoms with Gasteiger partial charge in [0.05, 0.1) is 20.8 Å². The number of methoxy groups -OCH3 is 2. The molecule has 1 heterocycles. The Bertz CT molecular complexity index is 407. The number of hydrogen-bond acceptors (Lipinski definition) is 3. The van der Waals surface area contributed by atoms with Crippen LogP contribution in [0.25, 0.3) is 0 Å². The Morgan fingerprint density at radius 1 is 1.29 bits per heavy atom. The summed E-state index contributed by atoms with van der Waals surface area (Å²) in [6.07, 6.45) is -1.49. The summed E-state index contributed by atoms with van der Waals surface area (Å²) in [7, 11) is 2.94. The third kappa shape index (κ3) is 2.20. The second-order valence-electron chi connectivity index (χ2n) is 3.87. The summed E-state index contributed by atoms with van der Waals surface area (Å²) >= 11 is 0. The van der Waals surface area contributed by atoms with Crippen molar-refractivity contribution in [1.29, 1.82) is 0 Å². The van der Waals surface area contributed by atoms with Gasteiger partial charge in [-0.15, -0.1) is 0 Å². The topological polar surface area (TPSA) is 27.7 Å². The fourth-order valence-corrected chi connectivity index (χ4v) is 1.92. The van der Waals surface area contributed by atoms with Crippen molar-refractivity contribution in [3.8, 4) is 11.5 Å². The van der Waals surface area contributed by atoms with Crippen LogP contribution in [0.2, 0.25) is 0 Å². The maximum absolute atomic E-state index is 13.6. The molecular weight excluding hydrogens is 230 g/mol. The van der Waals surface area contributed by atoms with Crippen LogP contribution in [-0.4, -0.2) is 26.7 Å². The molecule has 0 bridgehead atoms. The molecule has 1 unspecified atom stereocenters. The van der Waals surface area contributed by atoms with Crippen LogP contribution in [0.1, 0.15) is 18.1 Å². The van der Waals surface area contributed by atoms with Crippen LogP contribution >= 0.6 is 0 Å². The SMILES string of the molecule is COc1ccc(C2OCCC2(F)F)c(OC)c1. The van der Waals surface area contributed by atoms with Crippen LogP contribution < -0.4 is 9.47 Å². The Kier molecular flexibility index (Phi) is 3.19. The first-order valence-electron chi connectivity index (χ1n) is 5.30. The molecule has 1 aromatic carbocycles. The molecule has 3 nitrogen and oxygen atoms in total. The van der Waals surface area contributed by atoms with Crippen LogP contribution in [0.5, 0.6) is 11.5 Å². The van der Waals surface area contributed by atoms with Gasteiger partial charge < -0.3 is 14.2 Å². The van der Waals surface area contributed by atoms with E-state index in [9.17, 15) is 8.78 Å². The molecule has 1 aliphatic heterocycles. The number of ether oxygens (including phenoxy) is 3. The molecule has 5 heteroatoms. The Balaban J connectivity index is 2.38. The summed E-state index contributed by atoms with van der Waals surface area (Å²) in [5, 5.41) is 0. The zero-order valence-electron chi connectivity index (χ0n) is 9.70. The smallest absolute Gasteiger partial charge is 0.280 e. The standard InChI is InChI=1S/C12H14F2O3/c1-15-8-3-4-9(10(7-8)16-2)11-12(13,14)5-6-17-11/h3-4,7,11H,5-6H2,1-2H3. The third-order valence-corrected chi connectivity index (χ3v) is 2.83. The molecule has 0 radical (unpaired) electrons. The lowest BCUT2D eigenvalue weighted by Gasteiger charge is -2.20. The lowest BCUT2D eigenvalue weighted by atomic mass is 10.0. The van der Waals surface area contributed by atoms with Gasteiger partial charge in [0.1, 0.15) is 17.6 Å². The Morgan fingerprint density at radius 2 is 2.06 bits per heavy atom. The molecule has 1 saturated heterocycles. The molecule has 0 amide bonds. The molecule has 1 fully saturated rings. The maximum Gasteiger partial charge on any atom is 0.280 e. The predicted molar refractivity (Wildman–Crippen MR) is 57.8 cm³/mol. The molecule has 17 heavy (non-hydrogen) atoms. The number of alkyl halides is 2. The second-order valence-corrected chi connectivity index (χ2v) is 3.87. The van der Waals surface area contributed by atoms with Crippen molar-refractivity contribution in [2.75, 3.05) is 20.8 Å². The summed E-state index contributed by atoms with van der Waals surface area (Å²) in [5.74, 6) is -1.93. The molecule has 0 spiro atoms. The minimum atomic E-state index is -2.85. The van der Waals surface area contributed by atoms with Crippen LogP contribution in [0.3, 0.4) is 0 Å². The summed E-state index contributed by atoms with van der Waals surface area (Å²) in [6, 6.07) is 4.75. The second kappa shape index (κ2) is 4.49. The predicted octanol–water partition coefficient (Wildman–Crippen LogP) is 2.80. The van der Waals surface area contributed by atoms with Gasteiger partial charge in [0.25, 0.3) is 5.92 Å². The van der Waals surface area contributed by atoms with E-state index in [1.807, 2.05) is 0 Å². The highest BCUT2D eigenvalue weighted by Crippen LogP contribution is 2.45. The van der Waals surface area contributed by atoms with Crippen LogP contribution in [0, 0.1) is 0 Å². The van der Waals surface area contributed by atoms with E-state index in [4.69, 9.17) is 14.2 Å². The van der Waals surface area contributed by atoms with Gasteiger partial charge in [-0.25, -0.2) is 8.78 Å². The van der Waals surface area contributed by atoms with Gasteiger partial charge in [0, 0.05) is 18.1 Å². The largest absolute Gasteiger partial charge is 0.497 e. The van der Waals surface area contributed by atoms with Gasteiger partial charge in [-0.3, -0.25) is 0 Å². The first-order chi connectivity index (χ1) is 8.08. The van der Waals surface area contributed by atoms with Crippen LogP contribution in [0.4, 0.5) is 8.78 Å². The minimum Gasteiger partial charge on any atom is -0.497 e. The molecule has 0 aliphatic carbocycles. The van der Waals surface area contributed by atoms with Gasteiger partial charge in [-0.2, -0.15) is 0 Å². The average molecular weight is 244 g/mol. The van der Waals surface area contributed by atoms with E-state index in [-0.39, 0.29) is 13.0 Å². The molecule has 1 atom stereocenters. The molecule has 94 valence electrons. The fourth-order valence-electron chi connectivity index (χ4n) is 1.92. The van der Waals surface area contributed by atoms with Crippen LogP contribution in [-0.2, 0) is 4.74 Å². The van der Waals surface area contributed by atoms with E-state index in [0.717, 1.165) is 0 Å². The monoisotopic (exact) mass is 244 g/mol. The van der Waals surface area contributed by atoms with Crippen molar-refractivity contribution in [3.63, 3.8) is 0 Å². The van der Waals surface area contributed by atoms with E-state index < -0.39 is 12.0 Å². The molecule has 0 N–H and O–H groups in total. The lowest BCUT2D eigenvalue weighted by Crippen LogP contribution is -2.21. The Labute approximate surface area is 98.3 Å². The van der Waals surface area contributed by atoms with Crippen molar-refractivity contribution in [3.05, 3.63) is 23.8 Å². The third-order valence-electron chi connectivity index (χ3n) is 2.83. The number of hydrogen-bond donors (Lipinski definition) is 0. The maximum atomic E-state index is 13.6. The Morgan fingerprint density at radius 3 is 2.59 bits per heavy atom. The quantitative estimate of drug-likeness (QED) is 0.818. The normalized spacial score (nSPS) is 22.5. The fraction of sp³-hybridized carbons (Fsp3) is 0.500. The molecule has 1 aromatic rings. The average Bonchev–Trinajstić information content (AvgIpc) is 2.68. The highest BCUT2D eigenvalue weighted by molar-refractivity contribution is 5.43. The van der Waals surface area contributed by atoms with Gasteiger partial charge in [0.15, 0.2) is 0 Å². The van der Waals surface area contributed by atoms with Crippen molar-refractivity contribution in [2.24, 2.45) is 0 Å². The van der Waals surface area contributed by atoms with E-state index >= 15 is 0 Å². The highest BCUT2D eigenvalue weighted by atomic mass is 19.3. The molecule has 2 rings (SSSR count). The Hall–Kier alpha value is -1.36. The van der Waals surface area contributed by atoms with Crippen molar-refractivity contribution in [2.45, 2.75) is 18.4 Å². The molecule has 0 aromatic heterocycles. The zero-order valence-corrected chi connectivity index (χ0v) is 9.70. The van der Waals surface area contributed by atoms with Gasteiger partial charge in [-0.05, 0) is 12.1 Å². The molecule has 0 saturated carbocycles. The van der Waals surface area contributed by atoms with E-state index in [0.29, 0.717) is 17.1 Å². The molecule has 1 aliphatic rings. The summed E-state index contributed by atoms with van der Waals surface area (Å²) in [5.41, 5.74) is 0.357. The first kappa shape index (κ1) is 12.1. The summed E-state index contributed by atoms with van der Waals surface area (Å²) < 4.78 is 42.4. The van der Waals surface area contributed by atoms with E-state index in [1.54, 1.807) is 18.2 Å². The van der Waals surface area contributed by atoms with Crippen molar-refractivity contribution < 1.29 is 23.0 Å². The first-order valence-corrected chi connectivity index (χ1v) is 5.30. The lowest BCUT2D eigenvalue weighted by molar-refractivity contribution is -0.0706.